The lowest BCUT2D eigenvalue weighted by Gasteiger charge is -2.46. The van der Waals surface area contributed by atoms with E-state index in [2.05, 4.69) is 36.5 Å². The lowest BCUT2D eigenvalue weighted by Crippen LogP contribution is -2.46. The molecule has 2 heterocycles. The molecule has 80 valence electrons. The van der Waals surface area contributed by atoms with Gasteiger partial charge in [0.1, 0.15) is 0 Å². The standard InChI is InChI=1S/C13H17NO/c1-13(8-15-9-13)11-6-7-14-12-5-3-2-4-10(11)12/h2-5,11,14H,6-9H2,1H3. The van der Waals surface area contributed by atoms with E-state index in [-0.39, 0.29) is 0 Å². The lowest BCUT2D eigenvalue weighted by molar-refractivity contribution is -0.117. The molecule has 1 unspecified atom stereocenters. The highest BCUT2D eigenvalue weighted by atomic mass is 16.5. The quantitative estimate of drug-likeness (QED) is 0.757. The number of hydrogen-bond acceptors (Lipinski definition) is 2. The summed E-state index contributed by atoms with van der Waals surface area (Å²) in [6, 6.07) is 8.69. The average molecular weight is 203 g/mol. The van der Waals surface area contributed by atoms with E-state index < -0.39 is 0 Å². The summed E-state index contributed by atoms with van der Waals surface area (Å²) in [5, 5.41) is 3.47. The third-order valence-electron chi connectivity index (χ3n) is 3.79. The molecule has 2 aliphatic rings. The van der Waals surface area contributed by atoms with E-state index in [0.29, 0.717) is 11.3 Å². The Balaban J connectivity index is 1.98. The minimum Gasteiger partial charge on any atom is -0.385 e. The van der Waals surface area contributed by atoms with Gasteiger partial charge in [0.15, 0.2) is 0 Å². The number of hydrogen-bond donors (Lipinski definition) is 1. The smallest absolute Gasteiger partial charge is 0.0548 e. The molecule has 1 aromatic rings. The summed E-state index contributed by atoms with van der Waals surface area (Å²) in [5.41, 5.74) is 3.18. The first-order chi connectivity index (χ1) is 7.30. The van der Waals surface area contributed by atoms with Gasteiger partial charge in [0.05, 0.1) is 13.2 Å². The zero-order chi connectivity index (χ0) is 10.3. The normalized spacial score (nSPS) is 27.4. The van der Waals surface area contributed by atoms with Crippen LogP contribution in [-0.2, 0) is 4.74 Å². The summed E-state index contributed by atoms with van der Waals surface area (Å²) in [6.07, 6.45) is 1.23. The van der Waals surface area contributed by atoms with Crippen molar-refractivity contribution in [2.45, 2.75) is 19.3 Å². The molecule has 2 heteroatoms. The number of benzene rings is 1. The van der Waals surface area contributed by atoms with E-state index in [9.17, 15) is 0 Å². The summed E-state index contributed by atoms with van der Waals surface area (Å²) in [7, 11) is 0. The number of para-hydroxylation sites is 1. The van der Waals surface area contributed by atoms with Crippen molar-refractivity contribution in [3.8, 4) is 0 Å². The van der Waals surface area contributed by atoms with E-state index in [4.69, 9.17) is 4.74 Å². The molecule has 0 saturated carbocycles. The van der Waals surface area contributed by atoms with Crippen LogP contribution in [0.25, 0.3) is 0 Å². The Morgan fingerprint density at radius 2 is 2.13 bits per heavy atom. The van der Waals surface area contributed by atoms with Gasteiger partial charge in [-0.15, -0.1) is 0 Å². The van der Waals surface area contributed by atoms with E-state index in [0.717, 1.165) is 19.8 Å². The molecule has 0 bridgehead atoms. The van der Waals surface area contributed by atoms with Gasteiger partial charge in [0.2, 0.25) is 0 Å². The maximum absolute atomic E-state index is 5.39. The minimum absolute atomic E-state index is 0.373. The SMILES string of the molecule is CC1(C2CCNc3ccccc32)COC1. The third-order valence-corrected chi connectivity index (χ3v) is 3.79. The molecule has 0 spiro atoms. The number of fused-ring (bicyclic) bond motifs is 1. The Hall–Kier alpha value is -1.02. The maximum atomic E-state index is 5.39. The molecule has 1 atom stereocenters. The molecule has 3 rings (SSSR count). The predicted octanol–water partition coefficient (Wildman–Crippen LogP) is 2.62. The van der Waals surface area contributed by atoms with Crippen molar-refractivity contribution in [3.05, 3.63) is 29.8 Å². The second-order valence-corrected chi connectivity index (χ2v) is 5.00. The van der Waals surface area contributed by atoms with Gasteiger partial charge in [-0.3, -0.25) is 0 Å². The fraction of sp³-hybridized carbons (Fsp3) is 0.538. The first kappa shape index (κ1) is 9.22. The molecule has 1 saturated heterocycles. The second kappa shape index (κ2) is 3.24. The van der Waals surface area contributed by atoms with Crippen molar-refractivity contribution in [2.75, 3.05) is 25.1 Å². The lowest BCUT2D eigenvalue weighted by atomic mass is 9.69. The molecule has 0 amide bonds. The van der Waals surface area contributed by atoms with E-state index in [1.165, 1.54) is 17.7 Å². The highest BCUT2D eigenvalue weighted by Crippen LogP contribution is 2.47. The van der Waals surface area contributed by atoms with Gasteiger partial charge in [-0.05, 0) is 24.0 Å². The molecule has 2 aliphatic heterocycles. The third kappa shape index (κ3) is 1.36. The van der Waals surface area contributed by atoms with Crippen LogP contribution < -0.4 is 5.32 Å². The molecular formula is C13H17NO. The van der Waals surface area contributed by atoms with Crippen LogP contribution in [0, 0.1) is 5.41 Å². The van der Waals surface area contributed by atoms with Crippen molar-refractivity contribution < 1.29 is 4.74 Å². The Bertz CT molecular complexity index is 371. The van der Waals surface area contributed by atoms with Crippen molar-refractivity contribution in [2.24, 2.45) is 5.41 Å². The van der Waals surface area contributed by atoms with Crippen LogP contribution in [0.15, 0.2) is 24.3 Å². The molecule has 2 nitrogen and oxygen atoms in total. The molecule has 0 aliphatic carbocycles. The Morgan fingerprint density at radius 3 is 2.87 bits per heavy atom. The summed E-state index contributed by atoms with van der Waals surface area (Å²) >= 11 is 0. The highest BCUT2D eigenvalue weighted by Gasteiger charge is 2.43. The van der Waals surface area contributed by atoms with Gasteiger partial charge in [0.25, 0.3) is 0 Å². The first-order valence-corrected chi connectivity index (χ1v) is 5.70. The molecule has 1 fully saturated rings. The number of ether oxygens (including phenoxy) is 1. The maximum Gasteiger partial charge on any atom is 0.0548 e. The van der Waals surface area contributed by atoms with Gasteiger partial charge in [0, 0.05) is 17.6 Å². The predicted molar refractivity (Wildman–Crippen MR) is 61.2 cm³/mol. The van der Waals surface area contributed by atoms with Crippen molar-refractivity contribution in [1.29, 1.82) is 0 Å². The average Bonchev–Trinajstić information content (AvgIpc) is 2.25. The molecule has 1 aromatic carbocycles. The van der Waals surface area contributed by atoms with Crippen LogP contribution in [0.1, 0.15) is 24.8 Å². The number of rotatable bonds is 1. The summed E-state index contributed by atoms with van der Waals surface area (Å²) in [6.45, 7) is 5.29. The topological polar surface area (TPSA) is 21.3 Å². The summed E-state index contributed by atoms with van der Waals surface area (Å²) in [5.74, 6) is 0.670. The van der Waals surface area contributed by atoms with E-state index in [1.54, 1.807) is 0 Å². The fourth-order valence-corrected chi connectivity index (χ4v) is 2.82. The summed E-state index contributed by atoms with van der Waals surface area (Å²) in [4.78, 5) is 0. The first-order valence-electron chi connectivity index (χ1n) is 5.70. The largest absolute Gasteiger partial charge is 0.385 e. The van der Waals surface area contributed by atoms with E-state index in [1.807, 2.05) is 0 Å². The monoisotopic (exact) mass is 203 g/mol. The summed E-state index contributed by atoms with van der Waals surface area (Å²) < 4.78 is 5.39. The Labute approximate surface area is 90.6 Å². The van der Waals surface area contributed by atoms with Crippen molar-refractivity contribution in [1.82, 2.24) is 0 Å². The van der Waals surface area contributed by atoms with Gasteiger partial charge in [-0.2, -0.15) is 0 Å². The van der Waals surface area contributed by atoms with Gasteiger partial charge in [-0.1, -0.05) is 25.1 Å². The zero-order valence-corrected chi connectivity index (χ0v) is 9.12. The highest BCUT2D eigenvalue weighted by molar-refractivity contribution is 5.55. The van der Waals surface area contributed by atoms with Crippen LogP contribution >= 0.6 is 0 Å². The molecule has 0 aromatic heterocycles. The number of anilines is 1. The van der Waals surface area contributed by atoms with Crippen LogP contribution in [0.4, 0.5) is 5.69 Å². The van der Waals surface area contributed by atoms with Crippen LogP contribution in [0.2, 0.25) is 0 Å². The van der Waals surface area contributed by atoms with Crippen molar-refractivity contribution >= 4 is 5.69 Å². The van der Waals surface area contributed by atoms with Gasteiger partial charge >= 0.3 is 0 Å². The Kier molecular flexibility index (Phi) is 1.99. The minimum atomic E-state index is 0.373. The van der Waals surface area contributed by atoms with E-state index >= 15 is 0 Å². The van der Waals surface area contributed by atoms with Crippen LogP contribution in [0.3, 0.4) is 0 Å². The number of nitrogens with one attached hydrogen (secondary N) is 1. The van der Waals surface area contributed by atoms with Crippen LogP contribution in [0.5, 0.6) is 0 Å². The molecule has 15 heavy (non-hydrogen) atoms. The molecule has 0 radical (unpaired) electrons. The Morgan fingerprint density at radius 1 is 1.33 bits per heavy atom. The van der Waals surface area contributed by atoms with Crippen LogP contribution in [-0.4, -0.2) is 19.8 Å². The molecule has 1 N–H and O–H groups in total. The zero-order valence-electron chi connectivity index (χ0n) is 9.12. The fourth-order valence-electron chi connectivity index (χ4n) is 2.82. The van der Waals surface area contributed by atoms with Gasteiger partial charge < -0.3 is 10.1 Å². The van der Waals surface area contributed by atoms with Crippen molar-refractivity contribution in [3.63, 3.8) is 0 Å². The second-order valence-electron chi connectivity index (χ2n) is 5.00. The molecular weight excluding hydrogens is 186 g/mol. The van der Waals surface area contributed by atoms with Gasteiger partial charge in [-0.25, -0.2) is 0 Å².